The van der Waals surface area contributed by atoms with Crippen molar-refractivity contribution in [2.45, 2.75) is 25.0 Å². The minimum atomic E-state index is -0.327. The molecule has 12 heteroatoms. The maximum atomic E-state index is 11.5. The van der Waals surface area contributed by atoms with E-state index in [1.54, 1.807) is 17.3 Å². The second-order valence-corrected chi connectivity index (χ2v) is 8.74. The minimum Gasteiger partial charge on any atom is -0.483 e. The van der Waals surface area contributed by atoms with Gasteiger partial charge in [0.05, 0.1) is 17.4 Å². The third-order valence-electron chi connectivity index (χ3n) is 5.74. The van der Waals surface area contributed by atoms with E-state index in [2.05, 4.69) is 19.9 Å². The van der Waals surface area contributed by atoms with Crippen LogP contribution < -0.4 is 10.5 Å². The summed E-state index contributed by atoms with van der Waals surface area (Å²) in [7, 11) is 0. The van der Waals surface area contributed by atoms with E-state index in [1.165, 1.54) is 11.3 Å². The van der Waals surface area contributed by atoms with Crippen molar-refractivity contribution in [3.05, 3.63) is 42.4 Å². The molecule has 6 rings (SSSR count). The zero-order valence-corrected chi connectivity index (χ0v) is 18.1. The molecule has 2 saturated heterocycles. The number of pyridine rings is 2. The fourth-order valence-electron chi connectivity index (χ4n) is 4.39. The first kappa shape index (κ1) is 21.1. The monoisotopic (exact) mass is 468 g/mol. The molecule has 2 bridgehead atoms. The van der Waals surface area contributed by atoms with Gasteiger partial charge in [-0.25, -0.2) is 14.8 Å². The van der Waals surface area contributed by atoms with Gasteiger partial charge in [0.15, 0.2) is 17.0 Å². The van der Waals surface area contributed by atoms with E-state index in [0.29, 0.717) is 41.3 Å². The van der Waals surface area contributed by atoms with Crippen LogP contribution in [-0.4, -0.2) is 67.5 Å². The number of furan rings is 1. The van der Waals surface area contributed by atoms with Crippen molar-refractivity contribution in [1.82, 2.24) is 24.8 Å². The molecule has 3 N–H and O–H groups in total. The Labute approximate surface area is 191 Å². The van der Waals surface area contributed by atoms with Crippen LogP contribution in [0.2, 0.25) is 0 Å². The van der Waals surface area contributed by atoms with Crippen molar-refractivity contribution in [3.8, 4) is 10.9 Å². The number of hydrogen-bond donors (Lipinski definition) is 2. The number of urea groups is 1. The average molecular weight is 468 g/mol. The first-order valence-corrected chi connectivity index (χ1v) is 11.0. The Morgan fingerprint density at radius 2 is 2.18 bits per heavy atom. The van der Waals surface area contributed by atoms with Gasteiger partial charge in [0.1, 0.15) is 11.3 Å². The highest BCUT2D eigenvalue weighted by Crippen LogP contribution is 2.34. The van der Waals surface area contributed by atoms with Gasteiger partial charge in [-0.05, 0) is 18.6 Å². The Kier molecular flexibility index (Phi) is 5.52. The second kappa shape index (κ2) is 8.64. The summed E-state index contributed by atoms with van der Waals surface area (Å²) in [6, 6.07) is 7.83. The molecule has 0 unspecified atom stereocenters. The number of nitrogens with two attached hydrogens (primary N) is 1. The van der Waals surface area contributed by atoms with Crippen LogP contribution in [0, 0.1) is 0 Å². The molecule has 11 nitrogen and oxygen atoms in total. The van der Waals surface area contributed by atoms with Crippen LogP contribution in [0.3, 0.4) is 0 Å². The Balaban J connectivity index is 0.000000724. The summed E-state index contributed by atoms with van der Waals surface area (Å²) in [4.78, 5) is 37.0. The third kappa shape index (κ3) is 4.17. The largest absolute Gasteiger partial charge is 0.483 e. The van der Waals surface area contributed by atoms with Crippen LogP contribution in [0.25, 0.3) is 21.4 Å². The molecule has 2 amide bonds. The van der Waals surface area contributed by atoms with E-state index in [1.807, 2.05) is 24.3 Å². The van der Waals surface area contributed by atoms with Gasteiger partial charge in [0.2, 0.25) is 0 Å². The maximum absolute atomic E-state index is 11.5. The van der Waals surface area contributed by atoms with Crippen LogP contribution in [0.4, 0.5) is 4.79 Å². The highest BCUT2D eigenvalue weighted by atomic mass is 32.1. The van der Waals surface area contributed by atoms with Crippen molar-refractivity contribution in [2.24, 2.45) is 5.73 Å². The lowest BCUT2D eigenvalue weighted by atomic mass is 10.2. The molecule has 0 saturated carbocycles. The molecular formula is C21H20N6O5S. The lowest BCUT2D eigenvalue weighted by Crippen LogP contribution is -2.50. The molecule has 4 aromatic rings. The van der Waals surface area contributed by atoms with Gasteiger partial charge in [-0.2, -0.15) is 4.98 Å². The normalized spacial score (nSPS) is 19.6. The number of carbonyl (C=O) groups excluding carboxylic acids is 1. The number of fused-ring (bicyclic) bond motifs is 4. The highest BCUT2D eigenvalue weighted by Gasteiger charge is 2.44. The van der Waals surface area contributed by atoms with Gasteiger partial charge in [-0.3, -0.25) is 9.69 Å². The van der Waals surface area contributed by atoms with Gasteiger partial charge >= 0.3 is 6.03 Å². The molecular weight excluding hydrogens is 448 g/mol. The van der Waals surface area contributed by atoms with Crippen LogP contribution in [-0.2, 0) is 11.3 Å². The summed E-state index contributed by atoms with van der Waals surface area (Å²) in [6.45, 7) is 1.94. The van der Waals surface area contributed by atoms with E-state index in [0.717, 1.165) is 28.9 Å². The quantitative estimate of drug-likeness (QED) is 0.431. The number of carbonyl (C=O) groups is 2. The van der Waals surface area contributed by atoms with E-state index in [-0.39, 0.29) is 18.5 Å². The van der Waals surface area contributed by atoms with Crippen molar-refractivity contribution in [2.75, 3.05) is 13.1 Å². The third-order valence-corrected chi connectivity index (χ3v) is 6.63. The zero-order chi connectivity index (χ0) is 22.9. The van der Waals surface area contributed by atoms with Gasteiger partial charge in [0, 0.05) is 43.5 Å². The molecule has 0 aromatic carbocycles. The molecule has 0 aliphatic carbocycles. The second-order valence-electron chi connectivity index (χ2n) is 7.74. The smallest absolute Gasteiger partial charge is 0.315 e. The van der Waals surface area contributed by atoms with Gasteiger partial charge in [0.25, 0.3) is 11.7 Å². The fourth-order valence-corrected chi connectivity index (χ4v) is 5.19. The number of thiazole rings is 1. The molecule has 33 heavy (non-hydrogen) atoms. The summed E-state index contributed by atoms with van der Waals surface area (Å²) in [6.07, 6.45) is 4.35. The first-order valence-electron chi connectivity index (χ1n) is 10.2. The van der Waals surface area contributed by atoms with Crippen LogP contribution in [0.1, 0.15) is 12.2 Å². The average Bonchev–Trinajstić information content (AvgIpc) is 3.55. The number of likely N-dealkylation sites (tertiary alicyclic amines) is 2. The SMILES string of the molecule is NC(=O)N1C[C@@H]2C[C@H]1CN2Cc1cc2ncc(Oc3nc4ncccc4s3)cc2o1.O=CO. The molecule has 0 radical (unpaired) electrons. The molecule has 2 aliphatic rings. The molecule has 6 heterocycles. The molecule has 2 aliphatic heterocycles. The summed E-state index contributed by atoms with van der Waals surface area (Å²) >= 11 is 1.44. The van der Waals surface area contributed by atoms with Crippen molar-refractivity contribution >= 4 is 45.3 Å². The van der Waals surface area contributed by atoms with Gasteiger partial charge in [-0.1, -0.05) is 11.3 Å². The predicted octanol–water partition coefficient (Wildman–Crippen LogP) is 2.66. The molecule has 4 aromatic heterocycles. The van der Waals surface area contributed by atoms with E-state index >= 15 is 0 Å². The number of rotatable bonds is 4. The number of nitrogens with zero attached hydrogens (tertiary/aromatic N) is 5. The fraction of sp³-hybridized carbons (Fsp3) is 0.286. The Morgan fingerprint density at radius 1 is 1.33 bits per heavy atom. The van der Waals surface area contributed by atoms with Crippen molar-refractivity contribution in [1.29, 1.82) is 0 Å². The predicted molar refractivity (Wildman–Crippen MR) is 119 cm³/mol. The Bertz CT molecular complexity index is 1290. The Hall–Kier alpha value is -3.77. The molecule has 0 spiro atoms. The lowest BCUT2D eigenvalue weighted by Gasteiger charge is -2.32. The van der Waals surface area contributed by atoms with Crippen LogP contribution in [0.5, 0.6) is 10.9 Å². The standard InChI is InChI=1S/C20H18N6O3S.CH2O2/c21-19(27)26-9-11-4-12(26)8-25(11)10-14-5-15-16(28-14)6-13(7-23-15)29-20-24-18-17(30-20)2-1-3-22-18;2-1-3/h1-3,5-7,11-12H,4,8-10H2,(H2,21,27);1H,(H,2,3)/t11-,12-;/m0./s1. The number of ether oxygens (including phenoxy) is 1. The molecule has 2 fully saturated rings. The number of carboxylic acid groups (broad SMARTS) is 1. The number of piperazine rings is 1. The van der Waals surface area contributed by atoms with Gasteiger partial charge in [-0.15, -0.1) is 0 Å². The number of primary amides is 1. The zero-order valence-electron chi connectivity index (χ0n) is 17.3. The minimum absolute atomic E-state index is 0.207. The summed E-state index contributed by atoms with van der Waals surface area (Å²) in [5.41, 5.74) is 7.57. The topological polar surface area (TPSA) is 148 Å². The van der Waals surface area contributed by atoms with E-state index in [4.69, 9.17) is 24.8 Å². The maximum Gasteiger partial charge on any atom is 0.315 e. The number of hydrogen-bond acceptors (Lipinski definition) is 9. The number of aromatic nitrogens is 3. The number of amides is 2. The lowest BCUT2D eigenvalue weighted by molar-refractivity contribution is -0.122. The van der Waals surface area contributed by atoms with Crippen LogP contribution in [0.15, 0.2) is 41.1 Å². The van der Waals surface area contributed by atoms with Crippen LogP contribution >= 0.6 is 11.3 Å². The molecule has 170 valence electrons. The summed E-state index contributed by atoms with van der Waals surface area (Å²) < 4.78 is 12.9. The summed E-state index contributed by atoms with van der Waals surface area (Å²) in [5, 5.41) is 7.41. The van der Waals surface area contributed by atoms with Crippen molar-refractivity contribution < 1.29 is 23.8 Å². The van der Waals surface area contributed by atoms with E-state index in [9.17, 15) is 4.79 Å². The summed E-state index contributed by atoms with van der Waals surface area (Å²) in [5.74, 6) is 1.41. The van der Waals surface area contributed by atoms with E-state index < -0.39 is 0 Å². The Morgan fingerprint density at radius 3 is 2.91 bits per heavy atom. The highest BCUT2D eigenvalue weighted by molar-refractivity contribution is 7.20. The first-order chi connectivity index (χ1) is 16.0. The van der Waals surface area contributed by atoms with Gasteiger partial charge < -0.3 is 24.9 Å². The molecule has 2 atom stereocenters. The van der Waals surface area contributed by atoms with Crippen molar-refractivity contribution in [3.63, 3.8) is 0 Å².